The van der Waals surface area contributed by atoms with Gasteiger partial charge in [-0.2, -0.15) is 0 Å². The van der Waals surface area contributed by atoms with Gasteiger partial charge in [-0.3, -0.25) is 9.78 Å². The molecule has 0 aliphatic heterocycles. The van der Waals surface area contributed by atoms with Crippen LogP contribution < -0.4 is 10.6 Å². The van der Waals surface area contributed by atoms with Crippen LogP contribution in [0, 0.1) is 5.82 Å². The number of para-hydroxylation sites is 1. The molecule has 0 aliphatic carbocycles. The Morgan fingerprint density at radius 2 is 1.80 bits per heavy atom. The molecule has 1 amide bonds. The molecule has 1 aromatic heterocycles. The number of carbonyl (C=O) groups is 1. The molecule has 25 heavy (non-hydrogen) atoms. The summed E-state index contributed by atoms with van der Waals surface area (Å²) < 4.78 is 13.7. The van der Waals surface area contributed by atoms with E-state index >= 15 is 0 Å². The first kappa shape index (κ1) is 17.2. The van der Waals surface area contributed by atoms with Crippen molar-refractivity contribution < 1.29 is 9.18 Å². The molecule has 126 valence electrons. The number of hydrogen-bond donors (Lipinski definition) is 2. The Morgan fingerprint density at radius 3 is 2.56 bits per heavy atom. The van der Waals surface area contributed by atoms with Crippen molar-refractivity contribution in [3.63, 3.8) is 0 Å². The van der Waals surface area contributed by atoms with Crippen LogP contribution in [0.5, 0.6) is 0 Å². The first-order valence-corrected chi connectivity index (χ1v) is 8.01. The van der Waals surface area contributed by atoms with Crippen LogP contribution in [0.4, 0.5) is 21.5 Å². The third kappa shape index (κ3) is 4.26. The molecule has 2 aromatic carbocycles. The normalized spacial score (nSPS) is 10.4. The molecular formula is C18H12Cl2FN3O. The molecule has 0 unspecified atom stereocenters. The number of halogens is 3. The van der Waals surface area contributed by atoms with Crippen molar-refractivity contribution in [1.29, 1.82) is 0 Å². The van der Waals surface area contributed by atoms with Gasteiger partial charge in [0.2, 0.25) is 0 Å². The first-order chi connectivity index (χ1) is 12.0. The fourth-order valence-electron chi connectivity index (χ4n) is 2.14. The fourth-order valence-corrected chi connectivity index (χ4v) is 2.59. The Balaban J connectivity index is 1.79. The number of amides is 1. The lowest BCUT2D eigenvalue weighted by atomic mass is 10.2. The maximum Gasteiger partial charge on any atom is 0.257 e. The third-order valence-electron chi connectivity index (χ3n) is 3.33. The van der Waals surface area contributed by atoms with E-state index < -0.39 is 11.7 Å². The van der Waals surface area contributed by atoms with E-state index in [-0.39, 0.29) is 0 Å². The van der Waals surface area contributed by atoms with Crippen molar-refractivity contribution in [2.75, 3.05) is 10.6 Å². The van der Waals surface area contributed by atoms with Gasteiger partial charge >= 0.3 is 0 Å². The quantitative estimate of drug-likeness (QED) is 0.630. The summed E-state index contributed by atoms with van der Waals surface area (Å²) >= 11 is 11.9. The van der Waals surface area contributed by atoms with Crippen LogP contribution in [0.3, 0.4) is 0 Å². The number of aromatic nitrogens is 1. The Labute approximate surface area is 153 Å². The molecule has 0 saturated carbocycles. The van der Waals surface area contributed by atoms with Crippen LogP contribution in [0.25, 0.3) is 0 Å². The first-order valence-electron chi connectivity index (χ1n) is 7.26. The molecule has 4 nitrogen and oxygen atoms in total. The van der Waals surface area contributed by atoms with E-state index in [1.54, 1.807) is 36.4 Å². The summed E-state index contributed by atoms with van der Waals surface area (Å²) in [6, 6.07) is 12.6. The Hall–Kier alpha value is -2.63. The largest absolute Gasteiger partial charge is 0.352 e. The lowest BCUT2D eigenvalue weighted by Gasteiger charge is -2.10. The molecule has 0 spiro atoms. The minimum atomic E-state index is -0.398. The van der Waals surface area contributed by atoms with E-state index in [1.807, 2.05) is 0 Å². The van der Waals surface area contributed by atoms with Gasteiger partial charge in [0.1, 0.15) is 5.82 Å². The van der Waals surface area contributed by atoms with E-state index in [1.165, 1.54) is 24.5 Å². The topological polar surface area (TPSA) is 54.0 Å². The van der Waals surface area contributed by atoms with Crippen LogP contribution in [-0.4, -0.2) is 10.9 Å². The lowest BCUT2D eigenvalue weighted by molar-refractivity contribution is 0.102. The zero-order valence-electron chi connectivity index (χ0n) is 12.8. The summed E-state index contributed by atoms with van der Waals surface area (Å²) in [6.07, 6.45) is 2.91. The van der Waals surface area contributed by atoms with E-state index in [0.29, 0.717) is 32.7 Å². The van der Waals surface area contributed by atoms with Gasteiger partial charge in [-0.25, -0.2) is 4.39 Å². The molecule has 0 atom stereocenters. The van der Waals surface area contributed by atoms with Crippen LogP contribution in [0.1, 0.15) is 10.4 Å². The van der Waals surface area contributed by atoms with Crippen molar-refractivity contribution >= 4 is 46.2 Å². The van der Waals surface area contributed by atoms with Gasteiger partial charge in [-0.1, -0.05) is 35.3 Å². The standard InChI is InChI=1S/C18H12Cl2FN3O/c19-12-5-6-16(14(20)8-12)24-18(25)11-7-13(10-22-9-11)23-17-4-2-1-3-15(17)21/h1-10,23H,(H,24,25). The molecule has 3 aromatic rings. The molecule has 3 rings (SSSR count). The van der Waals surface area contributed by atoms with Gasteiger partial charge < -0.3 is 10.6 Å². The predicted molar refractivity (Wildman–Crippen MR) is 98.3 cm³/mol. The number of nitrogens with one attached hydrogen (secondary N) is 2. The minimum absolute atomic E-state index is 0.294. The zero-order valence-corrected chi connectivity index (χ0v) is 14.3. The highest BCUT2D eigenvalue weighted by molar-refractivity contribution is 6.36. The SMILES string of the molecule is O=C(Nc1ccc(Cl)cc1Cl)c1cncc(Nc2ccccc2F)c1. The summed E-state index contributed by atoms with van der Waals surface area (Å²) in [5, 5.41) is 6.38. The molecule has 0 radical (unpaired) electrons. The summed E-state index contributed by atoms with van der Waals surface area (Å²) in [4.78, 5) is 16.4. The van der Waals surface area contributed by atoms with Gasteiger partial charge in [0.25, 0.3) is 5.91 Å². The second-order valence-electron chi connectivity index (χ2n) is 5.15. The molecular weight excluding hydrogens is 364 g/mol. The molecule has 1 heterocycles. The van der Waals surface area contributed by atoms with Crippen molar-refractivity contribution in [1.82, 2.24) is 4.98 Å². The average molecular weight is 376 g/mol. The molecule has 7 heteroatoms. The Bertz CT molecular complexity index is 934. The minimum Gasteiger partial charge on any atom is -0.352 e. The van der Waals surface area contributed by atoms with Crippen LogP contribution in [0.2, 0.25) is 10.0 Å². The number of pyridine rings is 1. The van der Waals surface area contributed by atoms with Gasteiger partial charge in [-0.15, -0.1) is 0 Å². The lowest BCUT2D eigenvalue weighted by Crippen LogP contribution is -2.13. The number of rotatable bonds is 4. The zero-order chi connectivity index (χ0) is 17.8. The smallest absolute Gasteiger partial charge is 0.257 e. The van der Waals surface area contributed by atoms with E-state index in [2.05, 4.69) is 15.6 Å². The summed E-state index contributed by atoms with van der Waals surface area (Å²) in [7, 11) is 0. The van der Waals surface area contributed by atoms with E-state index in [9.17, 15) is 9.18 Å². The van der Waals surface area contributed by atoms with E-state index in [0.717, 1.165) is 0 Å². The molecule has 0 aliphatic rings. The summed E-state index contributed by atoms with van der Waals surface area (Å²) in [5.41, 5.74) is 1.51. The third-order valence-corrected chi connectivity index (χ3v) is 3.88. The van der Waals surface area contributed by atoms with Crippen molar-refractivity contribution in [2.45, 2.75) is 0 Å². The highest BCUT2D eigenvalue weighted by Crippen LogP contribution is 2.26. The Kier molecular flexibility index (Phi) is 5.16. The second kappa shape index (κ2) is 7.51. The van der Waals surface area contributed by atoms with Crippen LogP contribution >= 0.6 is 23.2 Å². The van der Waals surface area contributed by atoms with Crippen LogP contribution in [0.15, 0.2) is 60.9 Å². The van der Waals surface area contributed by atoms with Crippen molar-refractivity contribution in [3.05, 3.63) is 82.4 Å². The summed E-state index contributed by atoms with van der Waals surface area (Å²) in [5.74, 6) is -0.792. The van der Waals surface area contributed by atoms with Crippen molar-refractivity contribution in [3.8, 4) is 0 Å². The monoisotopic (exact) mass is 375 g/mol. The molecule has 0 bridgehead atoms. The van der Waals surface area contributed by atoms with Crippen LogP contribution in [-0.2, 0) is 0 Å². The number of benzene rings is 2. The average Bonchev–Trinajstić information content (AvgIpc) is 2.60. The molecule has 0 fully saturated rings. The predicted octanol–water partition coefficient (Wildman–Crippen LogP) is 5.52. The molecule has 2 N–H and O–H groups in total. The highest BCUT2D eigenvalue weighted by atomic mass is 35.5. The fraction of sp³-hybridized carbons (Fsp3) is 0. The van der Waals surface area contributed by atoms with Gasteiger partial charge in [-0.05, 0) is 36.4 Å². The van der Waals surface area contributed by atoms with Crippen molar-refractivity contribution in [2.24, 2.45) is 0 Å². The van der Waals surface area contributed by atoms with Gasteiger partial charge in [0, 0.05) is 11.2 Å². The maximum atomic E-state index is 13.7. The second-order valence-corrected chi connectivity index (χ2v) is 5.99. The number of nitrogens with zero attached hydrogens (tertiary/aromatic N) is 1. The number of hydrogen-bond acceptors (Lipinski definition) is 3. The maximum absolute atomic E-state index is 13.7. The van der Waals surface area contributed by atoms with Gasteiger partial charge in [0.15, 0.2) is 0 Å². The number of anilines is 3. The molecule has 0 saturated heterocycles. The van der Waals surface area contributed by atoms with E-state index in [4.69, 9.17) is 23.2 Å². The number of carbonyl (C=O) groups excluding carboxylic acids is 1. The summed E-state index contributed by atoms with van der Waals surface area (Å²) in [6.45, 7) is 0. The Morgan fingerprint density at radius 1 is 1.00 bits per heavy atom. The highest BCUT2D eigenvalue weighted by Gasteiger charge is 2.11. The van der Waals surface area contributed by atoms with Gasteiger partial charge in [0.05, 0.1) is 33.8 Å².